The Morgan fingerprint density at radius 1 is 1.05 bits per heavy atom. The highest BCUT2D eigenvalue weighted by molar-refractivity contribution is 5.25. The number of nitrogens with one attached hydrogen (secondary N) is 1. The van der Waals surface area contributed by atoms with Crippen LogP contribution in [0.3, 0.4) is 0 Å². The zero-order valence-electron chi connectivity index (χ0n) is 12.5. The molecule has 0 aliphatic carbocycles. The molecule has 0 heterocycles. The zero-order chi connectivity index (χ0) is 14.4. The molecule has 0 unspecified atom stereocenters. The molecule has 0 saturated carbocycles. The first-order valence-corrected chi connectivity index (χ1v) is 7.06. The van der Waals surface area contributed by atoms with Gasteiger partial charge < -0.3 is 10.1 Å². The van der Waals surface area contributed by atoms with Gasteiger partial charge in [0.2, 0.25) is 0 Å². The van der Waals surface area contributed by atoms with Gasteiger partial charge in [0.05, 0.1) is 6.61 Å². The third-order valence-electron chi connectivity index (χ3n) is 3.49. The molecule has 2 aromatic carbocycles. The van der Waals surface area contributed by atoms with Crippen LogP contribution in [-0.4, -0.2) is 7.11 Å². The molecule has 0 fully saturated rings. The number of methoxy groups -OCH3 is 1. The van der Waals surface area contributed by atoms with E-state index in [0.29, 0.717) is 12.6 Å². The van der Waals surface area contributed by atoms with E-state index < -0.39 is 0 Å². The first kappa shape index (κ1) is 14.8. The van der Waals surface area contributed by atoms with Crippen LogP contribution in [0, 0.1) is 6.92 Å². The maximum absolute atomic E-state index is 5.12. The lowest BCUT2D eigenvalue weighted by molar-refractivity contribution is 0.185. The van der Waals surface area contributed by atoms with Crippen LogP contribution in [0.2, 0.25) is 0 Å². The number of hydrogen-bond acceptors (Lipinski definition) is 2. The highest BCUT2D eigenvalue weighted by atomic mass is 16.5. The van der Waals surface area contributed by atoms with Gasteiger partial charge in [0.25, 0.3) is 0 Å². The Kier molecular flexibility index (Phi) is 5.33. The van der Waals surface area contributed by atoms with Crippen molar-refractivity contribution in [2.45, 2.75) is 33.0 Å². The van der Waals surface area contributed by atoms with E-state index >= 15 is 0 Å². The van der Waals surface area contributed by atoms with Gasteiger partial charge in [-0.15, -0.1) is 0 Å². The predicted molar refractivity (Wildman–Crippen MR) is 83.6 cm³/mol. The molecule has 2 heteroatoms. The molecule has 0 aliphatic heterocycles. The molecule has 1 N–H and O–H groups in total. The van der Waals surface area contributed by atoms with Crippen molar-refractivity contribution in [1.82, 2.24) is 5.32 Å². The van der Waals surface area contributed by atoms with Crippen LogP contribution < -0.4 is 5.32 Å². The van der Waals surface area contributed by atoms with Gasteiger partial charge in [0, 0.05) is 19.7 Å². The summed E-state index contributed by atoms with van der Waals surface area (Å²) in [6.45, 7) is 5.88. The summed E-state index contributed by atoms with van der Waals surface area (Å²) in [6, 6.07) is 17.6. The van der Waals surface area contributed by atoms with Gasteiger partial charge in [-0.25, -0.2) is 0 Å². The van der Waals surface area contributed by atoms with Crippen molar-refractivity contribution in [1.29, 1.82) is 0 Å². The predicted octanol–water partition coefficient (Wildman–Crippen LogP) is 3.99. The van der Waals surface area contributed by atoms with E-state index in [4.69, 9.17) is 4.74 Å². The minimum atomic E-state index is 0.355. The lowest BCUT2D eigenvalue weighted by Gasteiger charge is -2.15. The molecular formula is C18H23NO. The third-order valence-corrected chi connectivity index (χ3v) is 3.49. The molecule has 0 radical (unpaired) electrons. The maximum Gasteiger partial charge on any atom is 0.0713 e. The van der Waals surface area contributed by atoms with E-state index in [0.717, 1.165) is 6.54 Å². The maximum atomic E-state index is 5.12. The van der Waals surface area contributed by atoms with Crippen LogP contribution in [0.5, 0.6) is 0 Å². The third kappa shape index (κ3) is 4.19. The lowest BCUT2D eigenvalue weighted by atomic mass is 10.1. The van der Waals surface area contributed by atoms with Crippen molar-refractivity contribution in [2.24, 2.45) is 0 Å². The molecule has 0 amide bonds. The zero-order valence-corrected chi connectivity index (χ0v) is 12.5. The van der Waals surface area contributed by atoms with Gasteiger partial charge in [-0.05, 0) is 30.5 Å². The highest BCUT2D eigenvalue weighted by Gasteiger charge is 2.04. The number of benzene rings is 2. The number of hydrogen-bond donors (Lipinski definition) is 1. The Labute approximate surface area is 121 Å². The summed E-state index contributed by atoms with van der Waals surface area (Å²) in [6.07, 6.45) is 0. The smallest absolute Gasteiger partial charge is 0.0713 e. The molecule has 2 rings (SSSR count). The van der Waals surface area contributed by atoms with Crippen LogP contribution in [0.4, 0.5) is 0 Å². The van der Waals surface area contributed by atoms with E-state index in [1.165, 1.54) is 22.3 Å². The quantitative estimate of drug-likeness (QED) is 0.856. The summed E-state index contributed by atoms with van der Waals surface area (Å²) >= 11 is 0. The molecule has 0 spiro atoms. The second-order valence-corrected chi connectivity index (χ2v) is 5.27. The Balaban J connectivity index is 1.91. The van der Waals surface area contributed by atoms with E-state index in [2.05, 4.69) is 67.7 Å². The Hall–Kier alpha value is -1.64. The molecular weight excluding hydrogens is 246 g/mol. The molecule has 0 saturated heterocycles. The van der Waals surface area contributed by atoms with Crippen molar-refractivity contribution in [3.05, 3.63) is 70.8 Å². The van der Waals surface area contributed by atoms with Crippen LogP contribution in [0.15, 0.2) is 48.5 Å². The van der Waals surface area contributed by atoms with E-state index in [1.54, 1.807) is 7.11 Å². The van der Waals surface area contributed by atoms with Gasteiger partial charge in [-0.2, -0.15) is 0 Å². The molecule has 2 nitrogen and oxygen atoms in total. The number of aryl methyl sites for hydroxylation is 1. The van der Waals surface area contributed by atoms with Crippen LogP contribution in [0.1, 0.15) is 35.2 Å². The fraction of sp³-hybridized carbons (Fsp3) is 0.333. The summed E-state index contributed by atoms with van der Waals surface area (Å²) in [5, 5.41) is 3.56. The Morgan fingerprint density at radius 2 is 1.75 bits per heavy atom. The largest absolute Gasteiger partial charge is 0.380 e. The summed E-state index contributed by atoms with van der Waals surface area (Å²) in [5.74, 6) is 0. The van der Waals surface area contributed by atoms with Gasteiger partial charge in [-0.1, -0.05) is 54.1 Å². The highest BCUT2D eigenvalue weighted by Crippen LogP contribution is 2.14. The van der Waals surface area contributed by atoms with Crippen molar-refractivity contribution in [3.63, 3.8) is 0 Å². The first-order chi connectivity index (χ1) is 9.69. The average Bonchev–Trinajstić information content (AvgIpc) is 2.46. The topological polar surface area (TPSA) is 21.3 Å². The average molecular weight is 269 g/mol. The fourth-order valence-corrected chi connectivity index (χ4v) is 2.25. The van der Waals surface area contributed by atoms with Crippen LogP contribution in [-0.2, 0) is 17.9 Å². The molecule has 2 aromatic rings. The second kappa shape index (κ2) is 7.22. The SMILES string of the molecule is COCc1ccc(CN[C@@H](C)c2cccc(C)c2)cc1. The van der Waals surface area contributed by atoms with E-state index in [-0.39, 0.29) is 0 Å². The minimum Gasteiger partial charge on any atom is -0.380 e. The second-order valence-electron chi connectivity index (χ2n) is 5.27. The van der Waals surface area contributed by atoms with Crippen molar-refractivity contribution in [2.75, 3.05) is 7.11 Å². The first-order valence-electron chi connectivity index (χ1n) is 7.06. The van der Waals surface area contributed by atoms with Gasteiger partial charge >= 0.3 is 0 Å². The number of rotatable bonds is 6. The fourth-order valence-electron chi connectivity index (χ4n) is 2.25. The molecule has 0 bridgehead atoms. The standard InChI is InChI=1S/C18H23NO/c1-14-5-4-6-18(11-14)15(2)19-12-16-7-9-17(10-8-16)13-20-3/h4-11,15,19H,12-13H2,1-3H3/t15-/m0/s1. The Morgan fingerprint density at radius 3 is 2.40 bits per heavy atom. The molecule has 0 aliphatic rings. The lowest BCUT2D eigenvalue weighted by Crippen LogP contribution is -2.18. The normalized spacial score (nSPS) is 12.3. The minimum absolute atomic E-state index is 0.355. The van der Waals surface area contributed by atoms with E-state index in [1.807, 2.05) is 0 Å². The van der Waals surface area contributed by atoms with Crippen molar-refractivity contribution < 1.29 is 4.74 Å². The summed E-state index contributed by atoms with van der Waals surface area (Å²) in [4.78, 5) is 0. The van der Waals surface area contributed by atoms with Crippen molar-refractivity contribution >= 4 is 0 Å². The summed E-state index contributed by atoms with van der Waals surface area (Å²) < 4.78 is 5.12. The molecule has 20 heavy (non-hydrogen) atoms. The summed E-state index contributed by atoms with van der Waals surface area (Å²) in [7, 11) is 1.72. The molecule has 1 atom stereocenters. The van der Waals surface area contributed by atoms with E-state index in [9.17, 15) is 0 Å². The van der Waals surface area contributed by atoms with Gasteiger partial charge in [-0.3, -0.25) is 0 Å². The molecule has 106 valence electrons. The van der Waals surface area contributed by atoms with Gasteiger partial charge in [0.1, 0.15) is 0 Å². The van der Waals surface area contributed by atoms with Crippen LogP contribution in [0.25, 0.3) is 0 Å². The van der Waals surface area contributed by atoms with Crippen LogP contribution >= 0.6 is 0 Å². The number of ether oxygens (including phenoxy) is 1. The summed E-state index contributed by atoms with van der Waals surface area (Å²) in [5.41, 5.74) is 5.15. The molecule has 0 aromatic heterocycles. The monoisotopic (exact) mass is 269 g/mol. The van der Waals surface area contributed by atoms with Crippen molar-refractivity contribution in [3.8, 4) is 0 Å². The van der Waals surface area contributed by atoms with Gasteiger partial charge in [0.15, 0.2) is 0 Å². The Bertz CT molecular complexity index is 533.